The lowest BCUT2D eigenvalue weighted by atomic mass is 9.93. The molecule has 0 radical (unpaired) electrons. The Morgan fingerprint density at radius 3 is 2.71 bits per heavy atom. The van der Waals surface area contributed by atoms with E-state index in [0.29, 0.717) is 11.1 Å². The molecule has 0 spiro atoms. The Kier molecular flexibility index (Phi) is 6.81. The lowest BCUT2D eigenvalue weighted by Gasteiger charge is -2.21. The number of hydrogen-bond donors (Lipinski definition) is 2. The molecular weight excluding hydrogens is 501 g/mol. The summed E-state index contributed by atoms with van der Waals surface area (Å²) in [5.41, 5.74) is 0.227. The minimum Gasteiger partial charge on any atom is -0.481 e. The number of rotatable bonds is 9. The van der Waals surface area contributed by atoms with Crippen molar-refractivity contribution in [1.29, 1.82) is 0 Å². The lowest BCUT2D eigenvalue weighted by molar-refractivity contribution is -0.139. The van der Waals surface area contributed by atoms with Crippen LogP contribution in [0, 0.1) is 23.7 Å². The van der Waals surface area contributed by atoms with Gasteiger partial charge in [0.15, 0.2) is 6.23 Å². The molecule has 1 aliphatic heterocycles. The number of allylic oxidation sites excluding steroid dienone is 1. The number of nitrogens with zero attached hydrogens (tertiary/aromatic N) is 2. The topological polar surface area (TPSA) is 101 Å². The maximum absolute atomic E-state index is 13.9. The van der Waals surface area contributed by atoms with Crippen molar-refractivity contribution in [3.8, 4) is 17.0 Å². The number of ether oxygens (including phenoxy) is 2. The number of halogens is 3. The second kappa shape index (κ2) is 9.81. The van der Waals surface area contributed by atoms with Crippen LogP contribution in [-0.4, -0.2) is 45.8 Å². The summed E-state index contributed by atoms with van der Waals surface area (Å²) in [6.45, 7) is 3.35. The van der Waals surface area contributed by atoms with Crippen LogP contribution in [-0.2, 0) is 22.3 Å². The molecule has 5 atom stereocenters. The molecule has 0 amide bonds. The van der Waals surface area contributed by atoms with Gasteiger partial charge in [0.2, 0.25) is 5.88 Å². The van der Waals surface area contributed by atoms with Crippen LogP contribution < -0.4 is 4.74 Å². The van der Waals surface area contributed by atoms with Crippen molar-refractivity contribution in [3.63, 3.8) is 0 Å². The van der Waals surface area contributed by atoms with Gasteiger partial charge in [-0.2, -0.15) is 13.2 Å². The molecule has 2 fully saturated rings. The van der Waals surface area contributed by atoms with Crippen LogP contribution in [0.1, 0.15) is 37.8 Å². The average molecular weight is 531 g/mol. The van der Waals surface area contributed by atoms with E-state index in [-0.39, 0.29) is 54.7 Å². The van der Waals surface area contributed by atoms with E-state index in [4.69, 9.17) is 9.47 Å². The Morgan fingerprint density at radius 2 is 2.00 bits per heavy atom. The first-order chi connectivity index (χ1) is 17.9. The molecule has 2 aliphatic carbocycles. The first-order valence-electron chi connectivity index (χ1n) is 12.5. The minimum absolute atomic E-state index is 0.0297. The molecule has 0 bridgehead atoms. The number of dihydropyridines is 1. The number of aliphatic carboxylic acids is 1. The first kappa shape index (κ1) is 26.4. The van der Waals surface area contributed by atoms with Gasteiger partial charge >= 0.3 is 12.1 Å². The standard InChI is InChI=1S/C28H29F3N2O5/c1-27(2,36)6-7-37-23-11-21(28(29,30)31)19(12-32-23)16-5-3-4-15(8-16)14-38-22-10-17-9-18-24(20(17)13-33-22)25(18)26(34)35/h3-5,8,10-13,18,20,22,24-25,36H,6-7,9,14H2,1-2H3,(H,34,35). The fourth-order valence-electron chi connectivity index (χ4n) is 5.42. The summed E-state index contributed by atoms with van der Waals surface area (Å²) in [6.07, 6.45) is 0.704. The third-order valence-electron chi connectivity index (χ3n) is 7.39. The number of aliphatic imine (C=N–C) groups is 1. The van der Waals surface area contributed by atoms with Gasteiger partial charge in [-0.1, -0.05) is 23.8 Å². The van der Waals surface area contributed by atoms with Gasteiger partial charge in [0.1, 0.15) is 0 Å². The summed E-state index contributed by atoms with van der Waals surface area (Å²) >= 11 is 0. The maximum atomic E-state index is 13.9. The van der Waals surface area contributed by atoms with E-state index < -0.39 is 29.5 Å². The van der Waals surface area contributed by atoms with Crippen LogP contribution in [0.4, 0.5) is 13.2 Å². The van der Waals surface area contributed by atoms with E-state index >= 15 is 0 Å². The largest absolute Gasteiger partial charge is 0.481 e. The molecule has 2 aromatic rings. The van der Waals surface area contributed by atoms with Crippen LogP contribution in [0.25, 0.3) is 11.1 Å². The van der Waals surface area contributed by atoms with Gasteiger partial charge in [-0.3, -0.25) is 9.79 Å². The number of carboxylic acids is 1. The van der Waals surface area contributed by atoms with Gasteiger partial charge in [0.25, 0.3) is 0 Å². The van der Waals surface area contributed by atoms with E-state index in [1.165, 1.54) is 0 Å². The second-order valence-electron chi connectivity index (χ2n) is 10.8. The fourth-order valence-corrected chi connectivity index (χ4v) is 5.42. The zero-order valence-electron chi connectivity index (χ0n) is 21.0. The Labute approximate surface area is 218 Å². The van der Waals surface area contributed by atoms with Crippen LogP contribution in [0.5, 0.6) is 5.88 Å². The summed E-state index contributed by atoms with van der Waals surface area (Å²) in [6, 6.07) is 7.52. The van der Waals surface area contributed by atoms with E-state index in [1.807, 2.05) is 6.08 Å². The number of hydrogen-bond acceptors (Lipinski definition) is 6. The molecule has 2 heterocycles. The molecular formula is C28H29F3N2O5. The quantitative estimate of drug-likeness (QED) is 0.436. The van der Waals surface area contributed by atoms with Crippen molar-refractivity contribution in [2.45, 2.75) is 51.3 Å². The maximum Gasteiger partial charge on any atom is 0.417 e. The monoisotopic (exact) mass is 530 g/mol. The molecule has 5 unspecified atom stereocenters. The Bertz CT molecular complexity index is 1280. The Balaban J connectivity index is 1.26. The van der Waals surface area contributed by atoms with Crippen LogP contribution >= 0.6 is 0 Å². The number of aromatic nitrogens is 1. The number of carbonyl (C=O) groups is 1. The second-order valence-corrected chi connectivity index (χ2v) is 10.8. The molecule has 1 aromatic carbocycles. The molecule has 2 N–H and O–H groups in total. The van der Waals surface area contributed by atoms with Crippen LogP contribution in [0.15, 0.2) is 53.2 Å². The van der Waals surface area contributed by atoms with Gasteiger partial charge < -0.3 is 19.7 Å². The number of aliphatic hydroxyl groups is 1. The Hall–Kier alpha value is -3.24. The van der Waals surface area contributed by atoms with Crippen molar-refractivity contribution < 1.29 is 37.7 Å². The highest BCUT2D eigenvalue weighted by molar-refractivity contribution is 5.80. The van der Waals surface area contributed by atoms with Crippen molar-refractivity contribution in [1.82, 2.24) is 4.98 Å². The number of fused-ring (bicyclic) bond motifs is 3. The van der Waals surface area contributed by atoms with E-state index in [9.17, 15) is 28.2 Å². The molecule has 7 nitrogen and oxygen atoms in total. The number of carboxylic acid groups (broad SMARTS) is 1. The number of benzene rings is 1. The lowest BCUT2D eigenvalue weighted by Crippen LogP contribution is -2.22. The molecule has 1 aromatic heterocycles. The van der Waals surface area contributed by atoms with Gasteiger partial charge in [0, 0.05) is 36.4 Å². The van der Waals surface area contributed by atoms with Crippen molar-refractivity contribution in [3.05, 3.63) is 59.3 Å². The number of alkyl halides is 3. The molecule has 3 aliphatic rings. The predicted molar refractivity (Wildman–Crippen MR) is 132 cm³/mol. The summed E-state index contributed by atoms with van der Waals surface area (Å²) in [4.78, 5) is 19.8. The summed E-state index contributed by atoms with van der Waals surface area (Å²) < 4.78 is 53.0. The molecule has 0 saturated heterocycles. The van der Waals surface area contributed by atoms with Crippen molar-refractivity contribution >= 4 is 12.2 Å². The van der Waals surface area contributed by atoms with Crippen molar-refractivity contribution in [2.75, 3.05) is 6.61 Å². The highest BCUT2D eigenvalue weighted by Crippen LogP contribution is 2.62. The molecule has 2 saturated carbocycles. The van der Waals surface area contributed by atoms with Gasteiger partial charge in [-0.05, 0) is 55.4 Å². The van der Waals surface area contributed by atoms with Gasteiger partial charge in [-0.25, -0.2) is 4.98 Å². The van der Waals surface area contributed by atoms with E-state index in [0.717, 1.165) is 24.3 Å². The minimum atomic E-state index is -4.62. The van der Waals surface area contributed by atoms with E-state index in [1.54, 1.807) is 44.3 Å². The molecule has 5 rings (SSSR count). The van der Waals surface area contributed by atoms with Crippen LogP contribution in [0.2, 0.25) is 0 Å². The predicted octanol–water partition coefficient (Wildman–Crippen LogP) is 5.13. The fraction of sp³-hybridized carbons (Fsp3) is 0.464. The third-order valence-corrected chi connectivity index (χ3v) is 7.39. The third kappa shape index (κ3) is 5.61. The average Bonchev–Trinajstić information content (AvgIpc) is 3.44. The SMILES string of the molecule is CC(C)(O)CCOc1cc(C(F)(F)F)c(-c2cccc(COC3C=C4CC5C(C(=O)O)C5C4C=N3)c2)cn1. The zero-order chi connectivity index (χ0) is 27.2. The number of pyridine rings is 1. The van der Waals surface area contributed by atoms with Crippen LogP contribution in [0.3, 0.4) is 0 Å². The summed E-state index contributed by atoms with van der Waals surface area (Å²) in [7, 11) is 0. The van der Waals surface area contributed by atoms with E-state index in [2.05, 4.69) is 9.98 Å². The zero-order valence-corrected chi connectivity index (χ0v) is 21.0. The summed E-state index contributed by atoms with van der Waals surface area (Å²) in [5, 5.41) is 19.1. The van der Waals surface area contributed by atoms with Crippen molar-refractivity contribution in [2.24, 2.45) is 28.7 Å². The highest BCUT2D eigenvalue weighted by Gasteiger charge is 2.63. The normalized spacial score (nSPS) is 25.9. The molecule has 38 heavy (non-hydrogen) atoms. The molecule has 202 valence electrons. The Morgan fingerprint density at radius 1 is 1.21 bits per heavy atom. The van der Waals surface area contributed by atoms with Gasteiger partial charge in [-0.15, -0.1) is 0 Å². The highest BCUT2D eigenvalue weighted by atomic mass is 19.4. The van der Waals surface area contributed by atoms with Gasteiger partial charge in [0.05, 0.1) is 30.3 Å². The smallest absolute Gasteiger partial charge is 0.417 e. The first-order valence-corrected chi connectivity index (χ1v) is 12.5. The summed E-state index contributed by atoms with van der Waals surface area (Å²) in [5.74, 6) is -0.851. The molecule has 10 heteroatoms.